The molecule has 2 N–H and O–H groups in total. The van der Waals surface area contributed by atoms with Gasteiger partial charge < -0.3 is 10.6 Å². The van der Waals surface area contributed by atoms with Crippen LogP contribution in [0.3, 0.4) is 0 Å². The predicted octanol–water partition coefficient (Wildman–Crippen LogP) is 4.57. The molecule has 1 amide bonds. The molecule has 0 unspecified atom stereocenters. The van der Waals surface area contributed by atoms with E-state index in [2.05, 4.69) is 51.8 Å². The zero-order chi connectivity index (χ0) is 19.4. The van der Waals surface area contributed by atoms with Crippen molar-refractivity contribution in [3.05, 3.63) is 82.3 Å². The number of hydrogen-bond donors (Lipinski definition) is 2. The van der Waals surface area contributed by atoms with Crippen molar-refractivity contribution in [2.75, 3.05) is 10.6 Å². The maximum Gasteiger partial charge on any atom is 0.274 e. The fourth-order valence-electron chi connectivity index (χ4n) is 2.69. The third-order valence-corrected chi connectivity index (χ3v) is 4.43. The van der Waals surface area contributed by atoms with Crippen molar-refractivity contribution in [2.45, 2.75) is 34.2 Å². The van der Waals surface area contributed by atoms with Crippen molar-refractivity contribution in [3.63, 3.8) is 0 Å². The fraction of sp³-hybridized carbons (Fsp3) is 0.227. The van der Waals surface area contributed by atoms with E-state index in [9.17, 15) is 4.79 Å². The second-order valence-corrected chi connectivity index (χ2v) is 6.78. The number of amides is 1. The van der Waals surface area contributed by atoms with Crippen LogP contribution in [0.15, 0.2) is 48.5 Å². The van der Waals surface area contributed by atoms with E-state index in [1.165, 1.54) is 11.1 Å². The number of anilines is 2. The molecule has 0 aliphatic carbocycles. The van der Waals surface area contributed by atoms with Crippen LogP contribution in [0, 0.1) is 27.7 Å². The maximum atomic E-state index is 12.6. The van der Waals surface area contributed by atoms with Gasteiger partial charge in [0.25, 0.3) is 5.91 Å². The van der Waals surface area contributed by atoms with Crippen LogP contribution >= 0.6 is 0 Å². The van der Waals surface area contributed by atoms with E-state index >= 15 is 0 Å². The Morgan fingerprint density at radius 2 is 1.63 bits per heavy atom. The van der Waals surface area contributed by atoms with E-state index in [4.69, 9.17) is 0 Å². The first-order valence-corrected chi connectivity index (χ1v) is 8.94. The van der Waals surface area contributed by atoms with Crippen LogP contribution in [0.1, 0.15) is 38.6 Å². The van der Waals surface area contributed by atoms with Gasteiger partial charge >= 0.3 is 0 Å². The molecule has 0 spiro atoms. The topological polar surface area (TPSA) is 66.9 Å². The summed E-state index contributed by atoms with van der Waals surface area (Å²) in [4.78, 5) is 21.3. The lowest BCUT2D eigenvalue weighted by Gasteiger charge is -2.10. The van der Waals surface area contributed by atoms with Crippen molar-refractivity contribution in [1.82, 2.24) is 9.97 Å². The molecule has 0 aliphatic rings. The van der Waals surface area contributed by atoms with Crippen LogP contribution in [0.4, 0.5) is 11.5 Å². The zero-order valence-electron chi connectivity index (χ0n) is 16.1. The predicted molar refractivity (Wildman–Crippen MR) is 109 cm³/mol. The Bertz CT molecular complexity index is 965. The molecule has 0 bridgehead atoms. The Labute approximate surface area is 159 Å². The van der Waals surface area contributed by atoms with Crippen LogP contribution < -0.4 is 10.6 Å². The molecule has 5 heteroatoms. The molecule has 1 heterocycles. The van der Waals surface area contributed by atoms with E-state index < -0.39 is 0 Å². The smallest absolute Gasteiger partial charge is 0.274 e. The molecule has 3 rings (SSSR count). The molecule has 0 saturated carbocycles. The van der Waals surface area contributed by atoms with Gasteiger partial charge in [-0.05, 0) is 56.5 Å². The molecule has 2 aromatic carbocycles. The third kappa shape index (κ3) is 4.91. The van der Waals surface area contributed by atoms with Gasteiger partial charge in [0.1, 0.15) is 17.3 Å². The highest BCUT2D eigenvalue weighted by Gasteiger charge is 2.11. The SMILES string of the molecule is Cc1ccc(CNc2cc(C(=O)Nc3ccc(C)c(C)c3)nc(C)n2)cc1. The van der Waals surface area contributed by atoms with Gasteiger partial charge in [-0.25, -0.2) is 9.97 Å². The van der Waals surface area contributed by atoms with Gasteiger partial charge in [0.15, 0.2) is 0 Å². The Balaban J connectivity index is 1.72. The van der Waals surface area contributed by atoms with Crippen molar-refractivity contribution >= 4 is 17.4 Å². The van der Waals surface area contributed by atoms with Gasteiger partial charge in [0, 0.05) is 18.3 Å². The average Bonchev–Trinajstić information content (AvgIpc) is 2.64. The number of hydrogen-bond acceptors (Lipinski definition) is 4. The summed E-state index contributed by atoms with van der Waals surface area (Å²) in [7, 11) is 0. The van der Waals surface area contributed by atoms with E-state index in [1.54, 1.807) is 13.0 Å². The molecule has 0 aliphatic heterocycles. The average molecular weight is 360 g/mol. The van der Waals surface area contributed by atoms with Crippen LogP contribution in [0.5, 0.6) is 0 Å². The summed E-state index contributed by atoms with van der Waals surface area (Å²) in [6.07, 6.45) is 0. The first-order chi connectivity index (χ1) is 12.9. The minimum Gasteiger partial charge on any atom is -0.366 e. The van der Waals surface area contributed by atoms with Crippen LogP contribution in [-0.4, -0.2) is 15.9 Å². The quantitative estimate of drug-likeness (QED) is 0.699. The maximum absolute atomic E-state index is 12.6. The van der Waals surface area contributed by atoms with Crippen molar-refractivity contribution in [1.29, 1.82) is 0 Å². The molecule has 0 radical (unpaired) electrons. The van der Waals surface area contributed by atoms with E-state index in [1.807, 2.05) is 32.0 Å². The molecule has 0 saturated heterocycles. The molecule has 3 aromatic rings. The molecule has 27 heavy (non-hydrogen) atoms. The summed E-state index contributed by atoms with van der Waals surface area (Å²) in [6.45, 7) is 8.54. The van der Waals surface area contributed by atoms with Gasteiger partial charge in [-0.3, -0.25) is 4.79 Å². The number of rotatable bonds is 5. The minimum absolute atomic E-state index is 0.248. The highest BCUT2D eigenvalue weighted by atomic mass is 16.1. The van der Waals surface area contributed by atoms with Crippen molar-refractivity contribution in [2.24, 2.45) is 0 Å². The lowest BCUT2D eigenvalue weighted by atomic mass is 10.1. The molecule has 0 atom stereocenters. The number of aryl methyl sites for hydroxylation is 4. The normalized spacial score (nSPS) is 10.5. The fourth-order valence-corrected chi connectivity index (χ4v) is 2.69. The first kappa shape index (κ1) is 18.6. The molecule has 5 nitrogen and oxygen atoms in total. The summed E-state index contributed by atoms with van der Waals surface area (Å²) in [6, 6.07) is 15.8. The Morgan fingerprint density at radius 3 is 2.33 bits per heavy atom. The molecule has 0 fully saturated rings. The van der Waals surface area contributed by atoms with Gasteiger partial charge in [0.2, 0.25) is 0 Å². The monoisotopic (exact) mass is 360 g/mol. The molecular formula is C22H24N4O. The number of nitrogens with zero attached hydrogens (tertiary/aromatic N) is 2. The Kier molecular flexibility index (Phi) is 5.50. The van der Waals surface area contributed by atoms with E-state index in [-0.39, 0.29) is 5.91 Å². The number of benzene rings is 2. The standard InChI is InChI=1S/C22H24N4O/c1-14-5-8-18(9-6-14)13-23-21-12-20(24-17(4)25-21)22(27)26-19-10-7-15(2)16(3)11-19/h5-12H,13H2,1-4H3,(H,26,27)(H,23,24,25). The summed E-state index contributed by atoms with van der Waals surface area (Å²) >= 11 is 0. The molecule has 1 aromatic heterocycles. The van der Waals surface area contributed by atoms with E-state index in [0.717, 1.165) is 16.8 Å². The van der Waals surface area contributed by atoms with Gasteiger partial charge in [0.05, 0.1) is 0 Å². The highest BCUT2D eigenvalue weighted by Crippen LogP contribution is 2.16. The summed E-state index contributed by atoms with van der Waals surface area (Å²) < 4.78 is 0. The summed E-state index contributed by atoms with van der Waals surface area (Å²) in [5, 5.41) is 6.17. The summed E-state index contributed by atoms with van der Waals surface area (Å²) in [5.74, 6) is 0.935. The van der Waals surface area contributed by atoms with Gasteiger partial charge in [-0.15, -0.1) is 0 Å². The minimum atomic E-state index is -0.248. The van der Waals surface area contributed by atoms with E-state index in [0.29, 0.717) is 23.9 Å². The number of aromatic nitrogens is 2. The van der Waals surface area contributed by atoms with Crippen LogP contribution in [0.25, 0.3) is 0 Å². The second kappa shape index (κ2) is 7.99. The second-order valence-electron chi connectivity index (χ2n) is 6.78. The van der Waals surface area contributed by atoms with Gasteiger partial charge in [-0.1, -0.05) is 35.9 Å². The van der Waals surface area contributed by atoms with Crippen molar-refractivity contribution < 1.29 is 4.79 Å². The Morgan fingerprint density at radius 1 is 0.889 bits per heavy atom. The largest absolute Gasteiger partial charge is 0.366 e. The van der Waals surface area contributed by atoms with Crippen LogP contribution in [0.2, 0.25) is 0 Å². The Hall–Kier alpha value is -3.21. The van der Waals surface area contributed by atoms with Crippen molar-refractivity contribution in [3.8, 4) is 0 Å². The lowest BCUT2D eigenvalue weighted by Crippen LogP contribution is -2.16. The number of carbonyl (C=O) groups excluding carboxylic acids is 1. The zero-order valence-corrected chi connectivity index (χ0v) is 16.1. The number of carbonyl (C=O) groups is 1. The molecular weight excluding hydrogens is 336 g/mol. The highest BCUT2D eigenvalue weighted by molar-refractivity contribution is 6.03. The third-order valence-electron chi connectivity index (χ3n) is 4.43. The molecule has 138 valence electrons. The first-order valence-electron chi connectivity index (χ1n) is 8.94. The lowest BCUT2D eigenvalue weighted by molar-refractivity contribution is 0.102. The van der Waals surface area contributed by atoms with Gasteiger partial charge in [-0.2, -0.15) is 0 Å². The number of nitrogens with one attached hydrogen (secondary N) is 2. The summed E-state index contributed by atoms with van der Waals surface area (Å²) in [5.41, 5.74) is 5.79. The van der Waals surface area contributed by atoms with Crippen LogP contribution in [-0.2, 0) is 6.54 Å².